The van der Waals surface area contributed by atoms with Gasteiger partial charge in [0.05, 0.1) is 22.9 Å². The van der Waals surface area contributed by atoms with Crippen molar-refractivity contribution < 1.29 is 18.8 Å². The van der Waals surface area contributed by atoms with Gasteiger partial charge in [-0.25, -0.2) is 9.37 Å². The molecular weight excluding hydrogens is 469 g/mol. The van der Waals surface area contributed by atoms with E-state index in [0.717, 1.165) is 10.6 Å². The van der Waals surface area contributed by atoms with E-state index in [1.807, 2.05) is 0 Å². The van der Waals surface area contributed by atoms with Crippen LogP contribution in [0, 0.1) is 5.82 Å². The third-order valence-corrected chi connectivity index (χ3v) is 6.63. The number of carbonyl (C=O) groups excluding carboxylic acids is 3. The molecule has 8 nitrogen and oxygen atoms in total. The van der Waals surface area contributed by atoms with Crippen LogP contribution in [0.1, 0.15) is 36.8 Å². The van der Waals surface area contributed by atoms with Crippen LogP contribution in [-0.2, 0) is 13.5 Å². The third kappa shape index (κ3) is 4.47. The number of nitrogens with zero attached hydrogens (tertiary/aromatic N) is 4. The molecule has 4 aromatic rings. The fourth-order valence-electron chi connectivity index (χ4n) is 4.07. The number of hydrogen-bond donors (Lipinski definition) is 1. The summed E-state index contributed by atoms with van der Waals surface area (Å²) in [5, 5.41) is 9.28. The Kier molecular flexibility index (Phi) is 5.96. The molecule has 176 valence electrons. The summed E-state index contributed by atoms with van der Waals surface area (Å²) in [5.41, 5.74) is 2.26. The molecule has 3 amide bonds. The van der Waals surface area contributed by atoms with E-state index in [4.69, 9.17) is 0 Å². The lowest BCUT2D eigenvalue weighted by atomic mass is 10.0. The Hall–Kier alpha value is -4.18. The smallest absolute Gasteiger partial charge is 0.271 e. The van der Waals surface area contributed by atoms with E-state index in [1.165, 1.54) is 23.5 Å². The maximum Gasteiger partial charge on any atom is 0.271 e. The third-order valence-electron chi connectivity index (χ3n) is 5.76. The number of halogens is 1. The van der Waals surface area contributed by atoms with Crippen LogP contribution in [-0.4, -0.2) is 50.0 Å². The fourth-order valence-corrected chi connectivity index (χ4v) is 4.93. The van der Waals surface area contributed by atoms with E-state index in [0.29, 0.717) is 21.7 Å². The van der Waals surface area contributed by atoms with Crippen molar-refractivity contribution in [1.29, 1.82) is 0 Å². The van der Waals surface area contributed by atoms with Crippen molar-refractivity contribution in [3.8, 4) is 10.7 Å². The Bertz CT molecular complexity index is 1410. The average molecular weight is 490 g/mol. The molecule has 1 atom stereocenters. The zero-order valence-electron chi connectivity index (χ0n) is 18.6. The quantitative estimate of drug-likeness (QED) is 0.402. The highest BCUT2D eigenvalue weighted by Gasteiger charge is 2.36. The van der Waals surface area contributed by atoms with E-state index in [1.54, 1.807) is 65.8 Å². The van der Waals surface area contributed by atoms with Gasteiger partial charge in [0.15, 0.2) is 0 Å². The number of amides is 3. The summed E-state index contributed by atoms with van der Waals surface area (Å²) in [4.78, 5) is 44.4. The Morgan fingerprint density at radius 3 is 2.49 bits per heavy atom. The summed E-state index contributed by atoms with van der Waals surface area (Å²) in [6, 6.07) is 13.7. The molecule has 0 unspecified atom stereocenters. The molecule has 1 aliphatic rings. The Morgan fingerprint density at radius 1 is 1.09 bits per heavy atom. The molecular formula is C25H20FN5O3S. The fraction of sp³-hybridized carbons (Fsp3) is 0.160. The van der Waals surface area contributed by atoms with Gasteiger partial charge < -0.3 is 5.32 Å². The van der Waals surface area contributed by atoms with E-state index in [9.17, 15) is 18.8 Å². The first-order chi connectivity index (χ1) is 16.9. The number of aromatic nitrogens is 3. The van der Waals surface area contributed by atoms with Crippen LogP contribution in [0.15, 0.2) is 66.2 Å². The number of benzene rings is 2. The number of hydrogen-bond acceptors (Lipinski definition) is 6. The lowest BCUT2D eigenvalue weighted by Crippen LogP contribution is -2.47. The minimum absolute atomic E-state index is 0.0622. The molecule has 0 bridgehead atoms. The van der Waals surface area contributed by atoms with E-state index >= 15 is 0 Å². The molecule has 2 aromatic carbocycles. The van der Waals surface area contributed by atoms with E-state index < -0.39 is 29.6 Å². The van der Waals surface area contributed by atoms with Gasteiger partial charge >= 0.3 is 0 Å². The van der Waals surface area contributed by atoms with Gasteiger partial charge in [-0.3, -0.25) is 24.0 Å². The topological polar surface area (TPSA) is 97.2 Å². The van der Waals surface area contributed by atoms with Crippen molar-refractivity contribution in [3.63, 3.8) is 0 Å². The van der Waals surface area contributed by atoms with Gasteiger partial charge in [0.1, 0.15) is 16.5 Å². The van der Waals surface area contributed by atoms with Crippen molar-refractivity contribution in [2.45, 2.75) is 12.5 Å². The van der Waals surface area contributed by atoms with Crippen LogP contribution < -0.4 is 5.32 Å². The highest BCUT2D eigenvalue weighted by Crippen LogP contribution is 2.24. The average Bonchev–Trinajstić information content (AvgIpc) is 3.55. The van der Waals surface area contributed by atoms with Crippen LogP contribution in [0.2, 0.25) is 0 Å². The van der Waals surface area contributed by atoms with Crippen LogP contribution >= 0.6 is 11.3 Å². The largest absolute Gasteiger partial charge is 0.346 e. The van der Waals surface area contributed by atoms with Gasteiger partial charge in [-0.05, 0) is 42.3 Å². The Labute approximate surface area is 204 Å². The minimum atomic E-state index is -0.659. The van der Waals surface area contributed by atoms with Crippen molar-refractivity contribution in [1.82, 2.24) is 25.0 Å². The molecule has 0 saturated carbocycles. The number of thiazole rings is 1. The first kappa shape index (κ1) is 22.6. The van der Waals surface area contributed by atoms with Crippen molar-refractivity contribution >= 4 is 29.1 Å². The number of carbonyl (C=O) groups is 3. The predicted octanol–water partition coefficient (Wildman–Crippen LogP) is 3.32. The number of fused-ring (bicyclic) bond motifs is 1. The molecule has 1 aliphatic heterocycles. The lowest BCUT2D eigenvalue weighted by molar-refractivity contribution is 0.0628. The number of nitrogens with one attached hydrogen (secondary N) is 1. The molecule has 0 radical (unpaired) electrons. The van der Waals surface area contributed by atoms with Crippen LogP contribution in [0.5, 0.6) is 0 Å². The number of imide groups is 1. The maximum atomic E-state index is 13.8. The summed E-state index contributed by atoms with van der Waals surface area (Å²) in [5.74, 6) is -1.70. The van der Waals surface area contributed by atoms with Gasteiger partial charge in [0.2, 0.25) is 0 Å². The molecule has 2 aromatic heterocycles. The molecule has 35 heavy (non-hydrogen) atoms. The normalized spacial score (nSPS) is 13.7. The summed E-state index contributed by atoms with van der Waals surface area (Å²) >= 11 is 1.31. The highest BCUT2D eigenvalue weighted by molar-refractivity contribution is 7.13. The number of aryl methyl sites for hydroxylation is 1. The second kappa shape index (κ2) is 9.22. The van der Waals surface area contributed by atoms with Gasteiger partial charge in [-0.2, -0.15) is 5.10 Å². The predicted molar refractivity (Wildman–Crippen MR) is 127 cm³/mol. The van der Waals surface area contributed by atoms with Crippen LogP contribution in [0.25, 0.3) is 10.7 Å². The highest BCUT2D eigenvalue weighted by atomic mass is 32.1. The van der Waals surface area contributed by atoms with E-state index in [-0.39, 0.29) is 18.7 Å². The van der Waals surface area contributed by atoms with Crippen LogP contribution in [0.4, 0.5) is 4.39 Å². The zero-order valence-corrected chi connectivity index (χ0v) is 19.5. The van der Waals surface area contributed by atoms with Crippen molar-refractivity contribution in [2.24, 2.45) is 7.05 Å². The van der Waals surface area contributed by atoms with Crippen LogP contribution in [0.3, 0.4) is 0 Å². The second-order valence-electron chi connectivity index (χ2n) is 8.15. The van der Waals surface area contributed by atoms with Crippen molar-refractivity contribution in [3.05, 3.63) is 94.4 Å². The monoisotopic (exact) mass is 489 g/mol. The molecule has 0 saturated heterocycles. The van der Waals surface area contributed by atoms with E-state index in [2.05, 4.69) is 15.4 Å². The maximum absolute atomic E-state index is 13.8. The SMILES string of the molecule is Cn1nccc1-c1nc(C(=O)N[C@@H](Cc2cccc(F)c2)CN2C(=O)c3ccccc3C2=O)cs1. The second-order valence-corrected chi connectivity index (χ2v) is 9.01. The molecule has 5 rings (SSSR count). The molecule has 0 spiro atoms. The molecule has 0 aliphatic carbocycles. The summed E-state index contributed by atoms with van der Waals surface area (Å²) in [6.07, 6.45) is 1.86. The first-order valence-electron chi connectivity index (χ1n) is 10.8. The molecule has 3 heterocycles. The number of rotatable bonds is 7. The van der Waals surface area contributed by atoms with Gasteiger partial charge in [0, 0.05) is 25.2 Å². The molecule has 10 heteroatoms. The zero-order chi connectivity index (χ0) is 24.5. The summed E-state index contributed by atoms with van der Waals surface area (Å²) < 4.78 is 15.5. The summed E-state index contributed by atoms with van der Waals surface area (Å²) in [7, 11) is 1.79. The molecule has 0 fully saturated rings. The van der Waals surface area contributed by atoms with Gasteiger partial charge in [-0.1, -0.05) is 24.3 Å². The minimum Gasteiger partial charge on any atom is -0.346 e. The standard InChI is InChI=1S/C25H20FN5O3S/c1-30-21(9-10-27-30)23-29-20(14-35-23)22(32)28-17(12-15-5-4-6-16(26)11-15)13-31-24(33)18-7-2-3-8-19(18)25(31)34/h2-11,14,17H,12-13H2,1H3,(H,28,32)/t17-/m0/s1. The lowest BCUT2D eigenvalue weighted by Gasteiger charge is -2.23. The Morgan fingerprint density at radius 2 is 1.83 bits per heavy atom. The Balaban J connectivity index is 1.38. The van der Waals surface area contributed by atoms with Gasteiger partial charge in [0.25, 0.3) is 17.7 Å². The van der Waals surface area contributed by atoms with Crippen molar-refractivity contribution in [2.75, 3.05) is 6.54 Å². The molecule has 1 N–H and O–H groups in total. The summed E-state index contributed by atoms with van der Waals surface area (Å²) in [6.45, 7) is -0.0622. The van der Waals surface area contributed by atoms with Gasteiger partial charge in [-0.15, -0.1) is 11.3 Å². The first-order valence-corrected chi connectivity index (χ1v) is 11.7.